The number of rotatable bonds is 5. The first kappa shape index (κ1) is 21.6. The lowest BCUT2D eigenvalue weighted by atomic mass is 9.87. The summed E-state index contributed by atoms with van der Waals surface area (Å²) in [6.07, 6.45) is 0. The van der Waals surface area contributed by atoms with Gasteiger partial charge in [-0.05, 0) is 48.7 Å². The van der Waals surface area contributed by atoms with Crippen molar-refractivity contribution in [2.75, 3.05) is 6.54 Å². The fourth-order valence-electron chi connectivity index (χ4n) is 4.18. The first-order valence-electron chi connectivity index (χ1n) is 9.83. The van der Waals surface area contributed by atoms with Crippen LogP contribution in [0.4, 0.5) is 0 Å². The summed E-state index contributed by atoms with van der Waals surface area (Å²) in [5, 5.41) is 0.706. The van der Waals surface area contributed by atoms with E-state index in [9.17, 15) is 8.42 Å². The van der Waals surface area contributed by atoms with Crippen LogP contribution in [-0.2, 0) is 10.0 Å². The molecule has 3 atom stereocenters. The first-order valence-corrected chi connectivity index (χ1v) is 15.4. The molecule has 0 spiro atoms. The lowest BCUT2D eigenvalue weighted by Gasteiger charge is -2.31. The first-order chi connectivity index (χ1) is 13.0. The van der Waals surface area contributed by atoms with Crippen LogP contribution >= 0.6 is 11.6 Å². The van der Waals surface area contributed by atoms with E-state index in [1.807, 2.05) is 43.3 Å². The Morgan fingerprint density at radius 2 is 1.61 bits per heavy atom. The van der Waals surface area contributed by atoms with Gasteiger partial charge in [-0.1, -0.05) is 68.0 Å². The van der Waals surface area contributed by atoms with Gasteiger partial charge < -0.3 is 0 Å². The van der Waals surface area contributed by atoms with E-state index in [0.29, 0.717) is 16.5 Å². The number of hydrogen-bond acceptors (Lipinski definition) is 2. The number of nitrogens with zero attached hydrogens (tertiary/aromatic N) is 1. The molecule has 0 amide bonds. The normalized spacial score (nSPS) is 23.9. The Morgan fingerprint density at radius 3 is 2.14 bits per heavy atom. The van der Waals surface area contributed by atoms with Gasteiger partial charge in [0, 0.05) is 31.6 Å². The van der Waals surface area contributed by atoms with Crippen molar-refractivity contribution in [1.82, 2.24) is 4.31 Å². The summed E-state index contributed by atoms with van der Waals surface area (Å²) >= 11 is 6.06. The zero-order valence-electron chi connectivity index (χ0n) is 17.3. The van der Waals surface area contributed by atoms with Crippen molar-refractivity contribution in [1.29, 1.82) is 0 Å². The fraction of sp³-hybridized carbons (Fsp3) is 0.455. The summed E-state index contributed by atoms with van der Waals surface area (Å²) in [4.78, 5) is 0.391. The molecule has 0 bridgehead atoms. The molecule has 1 aliphatic rings. The van der Waals surface area contributed by atoms with Gasteiger partial charge in [-0.25, -0.2) is 8.42 Å². The highest BCUT2D eigenvalue weighted by Crippen LogP contribution is 2.43. The molecule has 3 rings (SSSR count). The zero-order chi connectivity index (χ0) is 20.7. The number of sulfonamides is 1. The molecule has 28 heavy (non-hydrogen) atoms. The molecule has 1 fully saturated rings. The van der Waals surface area contributed by atoms with Crippen LogP contribution < -0.4 is 0 Å². The lowest BCUT2D eigenvalue weighted by molar-refractivity contribution is 0.367. The van der Waals surface area contributed by atoms with Gasteiger partial charge in [0.15, 0.2) is 0 Å². The largest absolute Gasteiger partial charge is 0.243 e. The molecular weight excluding hydrogens is 406 g/mol. The second-order valence-corrected chi connectivity index (χ2v) is 17.1. The third kappa shape index (κ3) is 4.53. The van der Waals surface area contributed by atoms with Crippen molar-refractivity contribution in [2.24, 2.45) is 5.92 Å². The van der Waals surface area contributed by atoms with Crippen LogP contribution in [0.1, 0.15) is 24.0 Å². The minimum Gasteiger partial charge on any atom is -0.207 e. The Hall–Kier alpha value is -1.14. The van der Waals surface area contributed by atoms with Crippen LogP contribution in [-0.4, -0.2) is 33.4 Å². The maximum atomic E-state index is 13.5. The van der Waals surface area contributed by atoms with Gasteiger partial charge in [-0.15, -0.1) is 0 Å². The Balaban J connectivity index is 2.01. The van der Waals surface area contributed by atoms with E-state index >= 15 is 0 Å². The van der Waals surface area contributed by atoms with Crippen molar-refractivity contribution < 1.29 is 8.42 Å². The smallest absolute Gasteiger partial charge is 0.207 e. The summed E-state index contributed by atoms with van der Waals surface area (Å²) in [5.74, 6) is 0.437. The lowest BCUT2D eigenvalue weighted by Crippen LogP contribution is -2.41. The molecule has 1 saturated heterocycles. The molecule has 0 aromatic heterocycles. The van der Waals surface area contributed by atoms with Crippen molar-refractivity contribution in [3.8, 4) is 0 Å². The van der Waals surface area contributed by atoms with E-state index in [2.05, 4.69) is 26.6 Å². The van der Waals surface area contributed by atoms with Crippen LogP contribution in [0.5, 0.6) is 0 Å². The van der Waals surface area contributed by atoms with Gasteiger partial charge >= 0.3 is 0 Å². The fourth-order valence-corrected chi connectivity index (χ4v) is 8.02. The summed E-state index contributed by atoms with van der Waals surface area (Å²) in [6.45, 7) is 11.6. The minimum atomic E-state index is -3.53. The average Bonchev–Trinajstić information content (AvgIpc) is 2.92. The quantitative estimate of drug-likeness (QED) is 0.558. The van der Waals surface area contributed by atoms with E-state index in [1.54, 1.807) is 16.4 Å². The second kappa shape index (κ2) is 7.94. The molecule has 3 nitrogen and oxygen atoms in total. The van der Waals surface area contributed by atoms with E-state index in [-0.39, 0.29) is 17.9 Å². The van der Waals surface area contributed by atoms with Crippen LogP contribution in [0.15, 0.2) is 53.4 Å². The Kier molecular flexibility index (Phi) is 6.11. The van der Waals surface area contributed by atoms with Gasteiger partial charge in [0.05, 0.1) is 4.90 Å². The summed E-state index contributed by atoms with van der Waals surface area (Å²) in [5.41, 5.74) is 2.23. The van der Waals surface area contributed by atoms with Crippen LogP contribution in [0.25, 0.3) is 0 Å². The number of aryl methyl sites for hydroxylation is 1. The molecule has 0 N–H and O–H groups in total. The number of halogens is 1. The van der Waals surface area contributed by atoms with Crippen molar-refractivity contribution >= 4 is 29.7 Å². The molecule has 6 heteroatoms. The Bertz CT molecular complexity index is 921. The van der Waals surface area contributed by atoms with Crippen molar-refractivity contribution in [3.05, 3.63) is 64.7 Å². The van der Waals surface area contributed by atoms with Crippen molar-refractivity contribution in [3.63, 3.8) is 0 Å². The predicted molar refractivity (Wildman–Crippen MR) is 120 cm³/mol. The van der Waals surface area contributed by atoms with Gasteiger partial charge in [-0.2, -0.15) is 4.31 Å². The second-order valence-electron chi connectivity index (χ2n) is 9.24. The third-order valence-electron chi connectivity index (χ3n) is 5.74. The minimum absolute atomic E-state index is 0.0265. The highest BCUT2D eigenvalue weighted by molar-refractivity contribution is 7.89. The van der Waals surface area contributed by atoms with E-state index in [0.717, 1.165) is 11.6 Å². The van der Waals surface area contributed by atoms with Gasteiger partial charge in [0.25, 0.3) is 0 Å². The molecule has 1 unspecified atom stereocenters. The molecule has 0 aliphatic carbocycles. The Labute approximate surface area is 175 Å². The third-order valence-corrected chi connectivity index (χ3v) is 9.54. The molecule has 1 heterocycles. The van der Waals surface area contributed by atoms with Crippen LogP contribution in [0, 0.1) is 12.8 Å². The zero-order valence-corrected chi connectivity index (χ0v) is 19.9. The molecule has 0 radical (unpaired) electrons. The predicted octanol–water partition coefficient (Wildman–Crippen LogP) is 5.78. The SMILES string of the molecule is Cc1ccc(S(=O)(=O)N2C[C@@H](c3ccc(Cl)cc3)C(C)[C@H]2C[Si](C)(C)C)cc1. The molecule has 1 aliphatic heterocycles. The van der Waals surface area contributed by atoms with E-state index in [4.69, 9.17) is 11.6 Å². The molecular formula is C22H30ClNO2SSi. The summed E-state index contributed by atoms with van der Waals surface area (Å²) < 4.78 is 28.9. The van der Waals surface area contributed by atoms with E-state index < -0.39 is 18.1 Å². The molecule has 2 aromatic rings. The molecule has 152 valence electrons. The number of hydrogen-bond donors (Lipinski definition) is 0. The van der Waals surface area contributed by atoms with Crippen molar-refractivity contribution in [2.45, 2.75) is 56.4 Å². The van der Waals surface area contributed by atoms with Gasteiger partial charge in [-0.3, -0.25) is 0 Å². The number of benzene rings is 2. The Morgan fingerprint density at radius 1 is 1.04 bits per heavy atom. The summed E-state index contributed by atoms with van der Waals surface area (Å²) in [6, 6.07) is 16.1. The van der Waals surface area contributed by atoms with Gasteiger partial charge in [0.2, 0.25) is 10.0 Å². The standard InChI is InChI=1S/C22H30ClNO2SSi/c1-16-6-12-20(13-7-16)27(25,26)24-14-21(18-8-10-19(23)11-9-18)17(2)22(24)15-28(3,4)5/h6-13,17,21-22H,14-15H2,1-5H3/t17?,21-,22-/m1/s1. The highest BCUT2D eigenvalue weighted by Gasteiger charge is 2.46. The average molecular weight is 436 g/mol. The van der Waals surface area contributed by atoms with Crippen LogP contribution in [0.3, 0.4) is 0 Å². The van der Waals surface area contributed by atoms with Crippen LogP contribution in [0.2, 0.25) is 30.7 Å². The maximum absolute atomic E-state index is 13.5. The van der Waals surface area contributed by atoms with Gasteiger partial charge in [0.1, 0.15) is 0 Å². The maximum Gasteiger partial charge on any atom is 0.243 e. The highest BCUT2D eigenvalue weighted by atomic mass is 35.5. The van der Waals surface area contributed by atoms with E-state index in [1.165, 1.54) is 5.56 Å². The topological polar surface area (TPSA) is 37.4 Å². The monoisotopic (exact) mass is 435 g/mol. The summed E-state index contributed by atoms with van der Waals surface area (Å²) in [7, 11) is -4.99. The molecule has 2 aromatic carbocycles. The molecule has 0 saturated carbocycles.